The molecule has 21 heavy (non-hydrogen) atoms. The third kappa shape index (κ3) is 4.66. The number of anilines is 1. The third-order valence-electron chi connectivity index (χ3n) is 3.43. The van der Waals surface area contributed by atoms with Crippen molar-refractivity contribution in [1.82, 2.24) is 10.2 Å². The lowest BCUT2D eigenvalue weighted by atomic mass is 10.2. The van der Waals surface area contributed by atoms with Crippen molar-refractivity contribution in [2.45, 2.75) is 12.5 Å². The van der Waals surface area contributed by atoms with Crippen LogP contribution in [0.15, 0.2) is 24.3 Å². The molecule has 1 unspecified atom stereocenters. The quantitative estimate of drug-likeness (QED) is 0.631. The number of halogens is 1. The Balaban J connectivity index is 0.00000220. The molecule has 1 aromatic carbocycles. The van der Waals surface area contributed by atoms with Crippen LogP contribution < -0.4 is 10.6 Å². The Labute approximate surface area is 129 Å². The van der Waals surface area contributed by atoms with Gasteiger partial charge in [-0.15, -0.1) is 12.4 Å². The first-order chi connectivity index (χ1) is 9.58. The largest absolute Gasteiger partial charge is 0.319 e. The molecule has 1 fully saturated rings. The number of nitro groups is 1. The summed E-state index contributed by atoms with van der Waals surface area (Å²) in [6, 6.07) is 6.48. The highest BCUT2D eigenvalue weighted by atomic mass is 35.5. The van der Waals surface area contributed by atoms with E-state index in [1.165, 1.54) is 12.1 Å². The number of para-hydroxylation sites is 2. The molecule has 0 radical (unpaired) electrons. The zero-order chi connectivity index (χ0) is 14.5. The Morgan fingerprint density at radius 3 is 2.86 bits per heavy atom. The number of rotatable bonds is 5. The highest BCUT2D eigenvalue weighted by molar-refractivity contribution is 5.94. The van der Waals surface area contributed by atoms with E-state index in [2.05, 4.69) is 10.6 Å². The van der Waals surface area contributed by atoms with E-state index in [9.17, 15) is 14.9 Å². The first kappa shape index (κ1) is 17.4. The van der Waals surface area contributed by atoms with Crippen molar-refractivity contribution >= 4 is 29.7 Å². The minimum absolute atomic E-state index is 0. The summed E-state index contributed by atoms with van der Waals surface area (Å²) >= 11 is 0. The number of amides is 1. The fourth-order valence-electron chi connectivity index (χ4n) is 2.30. The fourth-order valence-corrected chi connectivity index (χ4v) is 2.30. The lowest BCUT2D eigenvalue weighted by Gasteiger charge is -2.22. The number of hydrogen-bond acceptors (Lipinski definition) is 5. The predicted octanol–water partition coefficient (Wildman–Crippen LogP) is 1.25. The standard InChI is InChI=1S/C13H18N4O3.ClH/c1-16(10-6-7-14-8-10)9-13(18)15-11-4-2-3-5-12(11)17(19)20;/h2-5,10,14H,6-9H2,1H3,(H,15,18);1H. The zero-order valence-electron chi connectivity index (χ0n) is 11.7. The van der Waals surface area contributed by atoms with E-state index in [0.29, 0.717) is 6.04 Å². The number of nitrogens with one attached hydrogen (secondary N) is 2. The van der Waals surface area contributed by atoms with Crippen LogP contribution in [0.1, 0.15) is 6.42 Å². The van der Waals surface area contributed by atoms with Crippen molar-refractivity contribution < 1.29 is 9.72 Å². The minimum Gasteiger partial charge on any atom is -0.319 e. The number of nitrogens with zero attached hydrogens (tertiary/aromatic N) is 2. The molecule has 8 heteroatoms. The number of carbonyl (C=O) groups is 1. The van der Waals surface area contributed by atoms with E-state index >= 15 is 0 Å². The number of likely N-dealkylation sites (N-methyl/N-ethyl adjacent to an activating group) is 1. The Kier molecular flexibility index (Phi) is 6.54. The molecule has 1 atom stereocenters. The van der Waals surface area contributed by atoms with Crippen molar-refractivity contribution in [3.63, 3.8) is 0 Å². The van der Waals surface area contributed by atoms with Crippen LogP contribution in [-0.4, -0.2) is 48.5 Å². The molecule has 0 saturated carbocycles. The Morgan fingerprint density at radius 2 is 2.24 bits per heavy atom. The predicted molar refractivity (Wildman–Crippen MR) is 82.9 cm³/mol. The van der Waals surface area contributed by atoms with Gasteiger partial charge in [0, 0.05) is 18.7 Å². The van der Waals surface area contributed by atoms with Gasteiger partial charge in [-0.3, -0.25) is 19.8 Å². The summed E-state index contributed by atoms with van der Waals surface area (Å²) < 4.78 is 0. The summed E-state index contributed by atoms with van der Waals surface area (Å²) in [6.07, 6.45) is 1.01. The van der Waals surface area contributed by atoms with Gasteiger partial charge < -0.3 is 10.6 Å². The van der Waals surface area contributed by atoms with Crippen molar-refractivity contribution in [2.75, 3.05) is 32.0 Å². The van der Waals surface area contributed by atoms with Gasteiger partial charge in [0.1, 0.15) is 5.69 Å². The van der Waals surface area contributed by atoms with Gasteiger partial charge in [-0.2, -0.15) is 0 Å². The van der Waals surface area contributed by atoms with Crippen LogP contribution in [0.2, 0.25) is 0 Å². The van der Waals surface area contributed by atoms with Gasteiger partial charge in [-0.1, -0.05) is 12.1 Å². The molecule has 0 spiro atoms. The molecule has 1 aliphatic heterocycles. The van der Waals surface area contributed by atoms with Gasteiger partial charge in [0.2, 0.25) is 5.91 Å². The molecule has 0 aliphatic carbocycles. The first-order valence-corrected chi connectivity index (χ1v) is 6.52. The Morgan fingerprint density at radius 1 is 1.52 bits per heavy atom. The van der Waals surface area contributed by atoms with Crippen LogP contribution in [0.4, 0.5) is 11.4 Å². The van der Waals surface area contributed by atoms with E-state index in [0.717, 1.165) is 19.5 Å². The number of hydrogen-bond donors (Lipinski definition) is 2. The molecule has 1 amide bonds. The van der Waals surface area contributed by atoms with Gasteiger partial charge in [-0.05, 0) is 26.1 Å². The molecular formula is C13H19ClN4O3. The second-order valence-corrected chi connectivity index (χ2v) is 4.88. The fraction of sp³-hybridized carbons (Fsp3) is 0.462. The van der Waals surface area contributed by atoms with Gasteiger partial charge in [0.05, 0.1) is 11.5 Å². The van der Waals surface area contributed by atoms with Gasteiger partial charge >= 0.3 is 0 Å². The summed E-state index contributed by atoms with van der Waals surface area (Å²) in [5.74, 6) is -0.242. The lowest BCUT2D eigenvalue weighted by molar-refractivity contribution is -0.383. The molecular weight excluding hydrogens is 296 g/mol. The van der Waals surface area contributed by atoms with Crippen LogP contribution in [0, 0.1) is 10.1 Å². The summed E-state index contributed by atoms with van der Waals surface area (Å²) in [5.41, 5.74) is 0.145. The van der Waals surface area contributed by atoms with Crippen molar-refractivity contribution in [3.05, 3.63) is 34.4 Å². The monoisotopic (exact) mass is 314 g/mol. The molecule has 1 heterocycles. The van der Waals surface area contributed by atoms with Crippen LogP contribution in [0.3, 0.4) is 0 Å². The first-order valence-electron chi connectivity index (χ1n) is 6.52. The van der Waals surface area contributed by atoms with Gasteiger partial charge in [0.25, 0.3) is 5.69 Å². The van der Waals surface area contributed by atoms with Crippen molar-refractivity contribution in [3.8, 4) is 0 Å². The lowest BCUT2D eigenvalue weighted by Crippen LogP contribution is -2.39. The SMILES string of the molecule is CN(CC(=O)Nc1ccccc1[N+](=O)[O-])C1CCNC1.Cl. The van der Waals surface area contributed by atoms with Crippen LogP contribution in [0.5, 0.6) is 0 Å². The van der Waals surface area contributed by atoms with Crippen LogP contribution >= 0.6 is 12.4 Å². The van der Waals surface area contributed by atoms with Crippen molar-refractivity contribution in [1.29, 1.82) is 0 Å². The average molecular weight is 315 g/mol. The summed E-state index contributed by atoms with van der Waals surface area (Å²) in [7, 11) is 1.89. The second kappa shape index (κ2) is 7.92. The Bertz CT molecular complexity index is 506. The molecule has 2 N–H and O–H groups in total. The number of benzene rings is 1. The molecule has 0 aromatic heterocycles. The smallest absolute Gasteiger partial charge is 0.292 e. The van der Waals surface area contributed by atoms with Crippen LogP contribution in [0.25, 0.3) is 0 Å². The van der Waals surface area contributed by atoms with E-state index in [-0.39, 0.29) is 36.2 Å². The highest BCUT2D eigenvalue weighted by Crippen LogP contribution is 2.23. The molecule has 7 nitrogen and oxygen atoms in total. The number of carbonyl (C=O) groups excluding carboxylic acids is 1. The topological polar surface area (TPSA) is 87.5 Å². The van der Waals surface area contributed by atoms with Gasteiger partial charge in [-0.25, -0.2) is 0 Å². The molecule has 1 aromatic rings. The maximum atomic E-state index is 12.0. The number of nitro benzene ring substituents is 1. The van der Waals surface area contributed by atoms with Gasteiger partial charge in [0.15, 0.2) is 0 Å². The molecule has 0 bridgehead atoms. The molecule has 1 aliphatic rings. The van der Waals surface area contributed by atoms with E-state index in [4.69, 9.17) is 0 Å². The summed E-state index contributed by atoms with van der Waals surface area (Å²) in [4.78, 5) is 24.3. The normalized spacial score (nSPS) is 17.3. The minimum atomic E-state index is -0.500. The third-order valence-corrected chi connectivity index (χ3v) is 3.43. The van der Waals surface area contributed by atoms with Crippen LogP contribution in [-0.2, 0) is 4.79 Å². The van der Waals surface area contributed by atoms with Crippen molar-refractivity contribution in [2.24, 2.45) is 0 Å². The maximum absolute atomic E-state index is 12.0. The zero-order valence-corrected chi connectivity index (χ0v) is 12.6. The Hall–Kier alpha value is -1.70. The van der Waals surface area contributed by atoms with E-state index < -0.39 is 4.92 Å². The highest BCUT2D eigenvalue weighted by Gasteiger charge is 2.22. The average Bonchev–Trinajstić information content (AvgIpc) is 2.92. The molecule has 116 valence electrons. The summed E-state index contributed by atoms with van der Waals surface area (Å²) in [6.45, 7) is 2.05. The molecule has 1 saturated heterocycles. The second-order valence-electron chi connectivity index (χ2n) is 4.88. The van der Waals surface area contributed by atoms with E-state index in [1.807, 2.05) is 11.9 Å². The maximum Gasteiger partial charge on any atom is 0.292 e. The molecule has 2 rings (SSSR count). The van der Waals surface area contributed by atoms with E-state index in [1.54, 1.807) is 12.1 Å². The summed E-state index contributed by atoms with van der Waals surface area (Å²) in [5, 5.41) is 16.7.